The van der Waals surface area contributed by atoms with Crippen molar-refractivity contribution in [3.05, 3.63) is 0 Å². The van der Waals surface area contributed by atoms with Gasteiger partial charge >= 0.3 is 5.97 Å². The fraction of sp³-hybridized carbons (Fsp3) is 0.909. The number of hydrogen-bond acceptors (Lipinski definition) is 5. The predicted octanol–water partition coefficient (Wildman–Crippen LogP) is -0.438. The molecule has 2 heterocycles. The van der Waals surface area contributed by atoms with Crippen molar-refractivity contribution in [1.82, 2.24) is 9.62 Å². The van der Waals surface area contributed by atoms with E-state index in [1.807, 2.05) is 0 Å². The van der Waals surface area contributed by atoms with E-state index in [2.05, 4.69) is 10.1 Å². The zero-order valence-electron chi connectivity index (χ0n) is 10.8. The molecule has 18 heavy (non-hydrogen) atoms. The lowest BCUT2D eigenvalue weighted by Gasteiger charge is -2.36. The monoisotopic (exact) mass is 276 g/mol. The van der Waals surface area contributed by atoms with Gasteiger partial charge < -0.3 is 10.1 Å². The van der Waals surface area contributed by atoms with E-state index in [9.17, 15) is 13.2 Å². The highest BCUT2D eigenvalue weighted by Crippen LogP contribution is 2.30. The zero-order valence-corrected chi connectivity index (χ0v) is 11.6. The van der Waals surface area contributed by atoms with Gasteiger partial charge in [0.15, 0.2) is 5.25 Å². The lowest BCUT2D eigenvalue weighted by molar-refractivity contribution is -0.139. The molecule has 2 fully saturated rings. The van der Waals surface area contributed by atoms with E-state index >= 15 is 0 Å². The van der Waals surface area contributed by atoms with Gasteiger partial charge in [0.2, 0.25) is 10.0 Å². The van der Waals surface area contributed by atoms with Crippen LogP contribution in [-0.4, -0.2) is 56.7 Å². The number of nitrogens with zero attached hydrogens (tertiary/aromatic N) is 1. The fourth-order valence-corrected chi connectivity index (χ4v) is 4.59. The largest absolute Gasteiger partial charge is 0.468 e. The molecule has 2 aliphatic rings. The number of carbonyl (C=O) groups excluding carboxylic acids is 1. The van der Waals surface area contributed by atoms with Crippen LogP contribution in [0.4, 0.5) is 0 Å². The molecule has 2 saturated heterocycles. The number of nitrogens with one attached hydrogen (secondary N) is 1. The van der Waals surface area contributed by atoms with Gasteiger partial charge in [-0.3, -0.25) is 4.79 Å². The van der Waals surface area contributed by atoms with Gasteiger partial charge in [-0.05, 0) is 32.2 Å². The zero-order chi connectivity index (χ0) is 13.3. The van der Waals surface area contributed by atoms with Crippen LogP contribution in [0.1, 0.15) is 19.8 Å². The molecule has 0 bridgehead atoms. The fourth-order valence-electron chi connectivity index (χ4n) is 2.83. The van der Waals surface area contributed by atoms with Crippen molar-refractivity contribution >= 4 is 16.0 Å². The Morgan fingerprint density at radius 2 is 2.17 bits per heavy atom. The van der Waals surface area contributed by atoms with Gasteiger partial charge in [0.05, 0.1) is 7.11 Å². The molecule has 3 atom stereocenters. The van der Waals surface area contributed by atoms with Gasteiger partial charge in [-0.15, -0.1) is 0 Å². The molecule has 104 valence electrons. The van der Waals surface area contributed by atoms with E-state index in [0.717, 1.165) is 19.4 Å². The lowest BCUT2D eigenvalue weighted by atomic mass is 9.94. The summed E-state index contributed by atoms with van der Waals surface area (Å²) in [7, 11) is -2.40. The summed E-state index contributed by atoms with van der Waals surface area (Å²) < 4.78 is 30.9. The van der Waals surface area contributed by atoms with E-state index in [0.29, 0.717) is 19.0 Å². The van der Waals surface area contributed by atoms with Crippen LogP contribution in [0.3, 0.4) is 0 Å². The van der Waals surface area contributed by atoms with Crippen molar-refractivity contribution in [2.75, 3.05) is 26.7 Å². The topological polar surface area (TPSA) is 75.7 Å². The molecule has 0 aromatic heterocycles. The summed E-state index contributed by atoms with van der Waals surface area (Å²) in [5.41, 5.74) is 0. The van der Waals surface area contributed by atoms with Crippen molar-refractivity contribution < 1.29 is 17.9 Å². The van der Waals surface area contributed by atoms with Gasteiger partial charge in [0.1, 0.15) is 0 Å². The first kappa shape index (κ1) is 13.8. The summed E-state index contributed by atoms with van der Waals surface area (Å²) in [6.45, 7) is 3.45. The van der Waals surface area contributed by atoms with Gasteiger partial charge in [-0.1, -0.05) is 0 Å². The van der Waals surface area contributed by atoms with Crippen LogP contribution >= 0.6 is 0 Å². The number of rotatable bonds is 3. The lowest BCUT2D eigenvalue weighted by Crippen LogP contribution is -2.52. The summed E-state index contributed by atoms with van der Waals surface area (Å²) in [5, 5.41) is 2.10. The Labute approximate surface area is 108 Å². The maximum Gasteiger partial charge on any atom is 0.325 e. The highest BCUT2D eigenvalue weighted by Gasteiger charge is 2.44. The number of piperidine rings is 1. The number of esters is 1. The third-order valence-electron chi connectivity index (χ3n) is 3.93. The summed E-state index contributed by atoms with van der Waals surface area (Å²) >= 11 is 0. The van der Waals surface area contributed by atoms with Crippen LogP contribution < -0.4 is 5.32 Å². The normalized spacial score (nSPS) is 30.8. The molecule has 2 rings (SSSR count). The maximum absolute atomic E-state index is 12.4. The summed E-state index contributed by atoms with van der Waals surface area (Å²) in [6.07, 6.45) is 1.91. The third-order valence-corrected chi connectivity index (χ3v) is 6.13. The molecule has 0 amide bonds. The molecule has 0 saturated carbocycles. The average molecular weight is 276 g/mol. The van der Waals surface area contributed by atoms with E-state index in [1.54, 1.807) is 0 Å². The molecule has 0 aromatic rings. The van der Waals surface area contributed by atoms with Crippen molar-refractivity contribution in [3.8, 4) is 0 Å². The average Bonchev–Trinajstić information content (AvgIpc) is 2.84. The van der Waals surface area contributed by atoms with Crippen molar-refractivity contribution in [2.45, 2.75) is 31.1 Å². The Kier molecular flexibility index (Phi) is 3.93. The number of hydrogen-bond donors (Lipinski definition) is 1. The second-order valence-corrected chi connectivity index (χ2v) is 7.16. The van der Waals surface area contributed by atoms with Gasteiger partial charge in [0.25, 0.3) is 0 Å². The highest BCUT2D eigenvalue weighted by molar-refractivity contribution is 7.90. The Balaban J connectivity index is 2.21. The second-order valence-electron chi connectivity index (χ2n) is 4.95. The number of sulfonamides is 1. The second kappa shape index (κ2) is 5.14. The van der Waals surface area contributed by atoms with Crippen LogP contribution in [0.15, 0.2) is 0 Å². The van der Waals surface area contributed by atoms with Crippen LogP contribution in [0.25, 0.3) is 0 Å². The smallest absolute Gasteiger partial charge is 0.325 e. The Morgan fingerprint density at radius 3 is 2.83 bits per heavy atom. The Bertz CT molecular complexity index is 423. The minimum atomic E-state index is -3.61. The highest BCUT2D eigenvalue weighted by atomic mass is 32.2. The minimum Gasteiger partial charge on any atom is -0.468 e. The number of ether oxygens (including phenoxy) is 1. The van der Waals surface area contributed by atoms with Crippen LogP contribution in [0, 0.1) is 5.92 Å². The van der Waals surface area contributed by atoms with Crippen LogP contribution in [0.2, 0.25) is 0 Å². The first-order valence-corrected chi connectivity index (χ1v) is 7.78. The van der Waals surface area contributed by atoms with Gasteiger partial charge in [-0.2, -0.15) is 4.31 Å². The molecule has 2 aliphatic heterocycles. The standard InChI is InChI=1S/C11H20N2O4S/c1-8(11(14)17-2)18(15,16)13-5-3-4-9-6-12-7-10(9)13/h8-10,12H,3-7H2,1-2H3. The van der Waals surface area contributed by atoms with Crippen molar-refractivity contribution in [2.24, 2.45) is 5.92 Å². The summed E-state index contributed by atoms with van der Waals surface area (Å²) in [6, 6.07) is -0.00384. The molecule has 0 aromatic carbocycles. The van der Waals surface area contributed by atoms with Crippen LogP contribution in [-0.2, 0) is 19.6 Å². The molecule has 0 radical (unpaired) electrons. The molecule has 6 nitrogen and oxygen atoms in total. The van der Waals surface area contributed by atoms with E-state index < -0.39 is 21.2 Å². The van der Waals surface area contributed by atoms with Crippen molar-refractivity contribution in [3.63, 3.8) is 0 Å². The first-order valence-electron chi connectivity index (χ1n) is 6.27. The van der Waals surface area contributed by atoms with E-state index in [4.69, 9.17) is 0 Å². The van der Waals surface area contributed by atoms with Crippen LogP contribution in [0.5, 0.6) is 0 Å². The number of methoxy groups -OCH3 is 1. The summed E-state index contributed by atoms with van der Waals surface area (Å²) in [5.74, 6) is -0.318. The first-order chi connectivity index (χ1) is 8.48. The number of carbonyl (C=O) groups is 1. The molecule has 1 N–H and O–H groups in total. The molecule has 3 unspecified atom stereocenters. The molecule has 0 spiro atoms. The minimum absolute atomic E-state index is 0.00384. The van der Waals surface area contributed by atoms with Crippen molar-refractivity contribution in [1.29, 1.82) is 0 Å². The SMILES string of the molecule is COC(=O)C(C)S(=O)(=O)N1CCCC2CNCC21. The number of fused-ring (bicyclic) bond motifs is 1. The van der Waals surface area contributed by atoms with Gasteiger partial charge in [-0.25, -0.2) is 8.42 Å². The molecule has 7 heteroatoms. The van der Waals surface area contributed by atoms with E-state index in [-0.39, 0.29) is 6.04 Å². The maximum atomic E-state index is 12.4. The van der Waals surface area contributed by atoms with E-state index in [1.165, 1.54) is 18.3 Å². The predicted molar refractivity (Wildman–Crippen MR) is 66.5 cm³/mol. The Hall–Kier alpha value is -0.660. The summed E-state index contributed by atoms with van der Waals surface area (Å²) in [4.78, 5) is 11.4. The Morgan fingerprint density at radius 1 is 1.44 bits per heavy atom. The molecular formula is C11H20N2O4S. The molecule has 0 aliphatic carbocycles. The third kappa shape index (κ3) is 2.26. The quantitative estimate of drug-likeness (QED) is 0.707. The molecular weight excluding hydrogens is 256 g/mol. The van der Waals surface area contributed by atoms with Gasteiger partial charge in [0, 0.05) is 19.1 Å².